The van der Waals surface area contributed by atoms with Gasteiger partial charge in [0, 0.05) is 24.6 Å². The van der Waals surface area contributed by atoms with Crippen molar-refractivity contribution in [3.8, 4) is 0 Å². The minimum Gasteiger partial charge on any atom is -0.383 e. The number of methoxy groups -OCH3 is 1. The highest BCUT2D eigenvalue weighted by Crippen LogP contribution is 2.08. The number of hydrogen-bond donors (Lipinski definition) is 1. The molecule has 0 aromatic heterocycles. The highest BCUT2D eigenvalue weighted by Gasteiger charge is 2.14. The van der Waals surface area contributed by atoms with Crippen molar-refractivity contribution in [1.82, 2.24) is 5.32 Å². The van der Waals surface area contributed by atoms with Crippen molar-refractivity contribution in [3.63, 3.8) is 0 Å². The van der Waals surface area contributed by atoms with Crippen molar-refractivity contribution < 1.29 is 18.3 Å². The Morgan fingerprint density at radius 3 is 2.47 bits per heavy atom. The summed E-state index contributed by atoms with van der Waals surface area (Å²) in [5.41, 5.74) is -0.0891. The van der Waals surface area contributed by atoms with Crippen molar-refractivity contribution in [1.29, 1.82) is 0 Å². The summed E-state index contributed by atoms with van der Waals surface area (Å²) < 4.78 is 30.6. The highest BCUT2D eigenvalue weighted by molar-refractivity contribution is 6.18. The van der Waals surface area contributed by atoms with Gasteiger partial charge >= 0.3 is 0 Å². The Balaban J connectivity index is 2.75. The Hall–Kier alpha value is -1.20. The molecule has 0 fully saturated rings. The first-order chi connectivity index (χ1) is 8.06. The van der Waals surface area contributed by atoms with Crippen molar-refractivity contribution >= 4 is 17.5 Å². The van der Waals surface area contributed by atoms with Gasteiger partial charge in [-0.15, -0.1) is 11.6 Å². The molecule has 94 valence electrons. The Labute approximate surface area is 103 Å². The molecule has 6 heteroatoms. The molecule has 0 heterocycles. The van der Waals surface area contributed by atoms with E-state index in [2.05, 4.69) is 5.32 Å². The van der Waals surface area contributed by atoms with E-state index in [9.17, 15) is 13.6 Å². The summed E-state index contributed by atoms with van der Waals surface area (Å²) in [5, 5.41) is 2.51. The molecular formula is C11H12ClF2NO2. The second-order valence-corrected chi connectivity index (χ2v) is 3.75. The lowest BCUT2D eigenvalue weighted by Crippen LogP contribution is -2.39. The number of ether oxygens (including phenoxy) is 1. The van der Waals surface area contributed by atoms with Gasteiger partial charge in [-0.3, -0.25) is 4.79 Å². The van der Waals surface area contributed by atoms with Crippen LogP contribution in [0.15, 0.2) is 18.2 Å². The average Bonchev–Trinajstić information content (AvgIpc) is 2.27. The number of alkyl halides is 1. The van der Waals surface area contributed by atoms with Crippen molar-refractivity contribution in [2.45, 2.75) is 6.04 Å². The smallest absolute Gasteiger partial charge is 0.251 e. The number of benzene rings is 1. The Morgan fingerprint density at radius 1 is 1.41 bits per heavy atom. The molecule has 0 radical (unpaired) electrons. The molecule has 1 amide bonds. The Kier molecular flexibility index (Phi) is 5.31. The first-order valence-electron chi connectivity index (χ1n) is 4.88. The van der Waals surface area contributed by atoms with Crippen LogP contribution in [0.5, 0.6) is 0 Å². The number of nitrogens with one attached hydrogen (secondary N) is 1. The third kappa shape index (κ3) is 4.28. The standard InChI is InChI=1S/C11H12ClF2NO2/c1-17-6-10(5-12)15-11(16)7-2-8(13)4-9(14)3-7/h2-4,10H,5-6H2,1H3,(H,15,16). The molecule has 0 saturated heterocycles. The number of hydrogen-bond acceptors (Lipinski definition) is 2. The van der Waals surface area contributed by atoms with E-state index in [-0.39, 0.29) is 18.1 Å². The van der Waals surface area contributed by atoms with E-state index in [1.807, 2.05) is 0 Å². The lowest BCUT2D eigenvalue weighted by molar-refractivity contribution is 0.0906. The second kappa shape index (κ2) is 6.51. The molecule has 1 aromatic carbocycles. The minimum atomic E-state index is -0.802. The molecule has 0 aliphatic heterocycles. The van der Waals surface area contributed by atoms with Gasteiger partial charge in [-0.05, 0) is 12.1 Å². The summed E-state index contributed by atoms with van der Waals surface area (Å²) in [6.07, 6.45) is 0. The van der Waals surface area contributed by atoms with Gasteiger partial charge in [0.05, 0.1) is 12.6 Å². The van der Waals surface area contributed by atoms with Crippen LogP contribution in [-0.2, 0) is 4.74 Å². The van der Waals surface area contributed by atoms with E-state index >= 15 is 0 Å². The van der Waals surface area contributed by atoms with Gasteiger partial charge in [0.15, 0.2) is 0 Å². The van der Waals surface area contributed by atoms with Gasteiger partial charge in [-0.2, -0.15) is 0 Å². The monoisotopic (exact) mass is 263 g/mol. The molecular weight excluding hydrogens is 252 g/mol. The van der Waals surface area contributed by atoms with Crippen LogP contribution in [-0.4, -0.2) is 31.5 Å². The number of carbonyl (C=O) groups is 1. The van der Waals surface area contributed by atoms with Crippen LogP contribution in [0, 0.1) is 11.6 Å². The minimum absolute atomic E-state index is 0.0891. The molecule has 1 N–H and O–H groups in total. The number of rotatable bonds is 5. The summed E-state index contributed by atoms with van der Waals surface area (Å²) in [5.74, 6) is -2.04. The molecule has 0 saturated carbocycles. The average molecular weight is 264 g/mol. The molecule has 0 aliphatic rings. The first-order valence-corrected chi connectivity index (χ1v) is 5.42. The zero-order valence-corrected chi connectivity index (χ0v) is 9.93. The van der Waals surface area contributed by atoms with Crippen LogP contribution in [0.4, 0.5) is 8.78 Å². The molecule has 1 aromatic rings. The zero-order chi connectivity index (χ0) is 12.8. The third-order valence-electron chi connectivity index (χ3n) is 2.01. The third-order valence-corrected chi connectivity index (χ3v) is 2.39. The fourth-order valence-corrected chi connectivity index (χ4v) is 1.45. The fourth-order valence-electron chi connectivity index (χ4n) is 1.28. The van der Waals surface area contributed by atoms with E-state index in [0.717, 1.165) is 12.1 Å². The predicted molar refractivity (Wildman–Crippen MR) is 60.2 cm³/mol. The van der Waals surface area contributed by atoms with Crippen molar-refractivity contribution in [3.05, 3.63) is 35.4 Å². The van der Waals surface area contributed by atoms with Gasteiger partial charge in [0.25, 0.3) is 5.91 Å². The van der Waals surface area contributed by atoms with Crippen LogP contribution in [0.3, 0.4) is 0 Å². The summed E-state index contributed by atoms with van der Waals surface area (Å²) in [6, 6.07) is 2.21. The number of amides is 1. The normalized spacial score (nSPS) is 12.2. The van der Waals surface area contributed by atoms with Crippen LogP contribution in [0.25, 0.3) is 0 Å². The van der Waals surface area contributed by atoms with Gasteiger partial charge in [0.2, 0.25) is 0 Å². The molecule has 3 nitrogen and oxygen atoms in total. The Morgan fingerprint density at radius 2 is 2.00 bits per heavy atom. The largest absolute Gasteiger partial charge is 0.383 e. The molecule has 0 bridgehead atoms. The maximum absolute atomic E-state index is 12.9. The van der Waals surface area contributed by atoms with Crippen LogP contribution >= 0.6 is 11.6 Å². The van der Waals surface area contributed by atoms with E-state index in [0.29, 0.717) is 6.07 Å². The van der Waals surface area contributed by atoms with E-state index in [4.69, 9.17) is 16.3 Å². The van der Waals surface area contributed by atoms with E-state index in [1.165, 1.54) is 7.11 Å². The molecule has 17 heavy (non-hydrogen) atoms. The lowest BCUT2D eigenvalue weighted by atomic mass is 10.2. The van der Waals surface area contributed by atoms with Gasteiger partial charge in [-0.25, -0.2) is 8.78 Å². The molecule has 1 atom stereocenters. The van der Waals surface area contributed by atoms with E-state index in [1.54, 1.807) is 0 Å². The summed E-state index contributed by atoms with van der Waals surface area (Å²) in [4.78, 5) is 11.6. The van der Waals surface area contributed by atoms with Gasteiger partial charge in [0.1, 0.15) is 11.6 Å². The number of carbonyl (C=O) groups excluding carboxylic acids is 1. The highest BCUT2D eigenvalue weighted by atomic mass is 35.5. The predicted octanol–water partition coefficient (Wildman–Crippen LogP) is 1.95. The van der Waals surface area contributed by atoms with Crippen molar-refractivity contribution in [2.24, 2.45) is 0 Å². The SMILES string of the molecule is COCC(CCl)NC(=O)c1cc(F)cc(F)c1. The number of halogens is 3. The Bertz CT molecular complexity index is 381. The van der Waals surface area contributed by atoms with Crippen LogP contribution in [0.2, 0.25) is 0 Å². The van der Waals surface area contributed by atoms with Gasteiger partial charge in [-0.1, -0.05) is 0 Å². The molecule has 1 unspecified atom stereocenters. The zero-order valence-electron chi connectivity index (χ0n) is 9.17. The van der Waals surface area contributed by atoms with Crippen LogP contribution in [0.1, 0.15) is 10.4 Å². The van der Waals surface area contributed by atoms with Crippen LogP contribution < -0.4 is 5.32 Å². The summed E-state index contributed by atoms with van der Waals surface area (Å²) >= 11 is 5.60. The van der Waals surface area contributed by atoms with Gasteiger partial charge < -0.3 is 10.1 Å². The lowest BCUT2D eigenvalue weighted by Gasteiger charge is -2.14. The fraction of sp³-hybridized carbons (Fsp3) is 0.364. The quantitative estimate of drug-likeness (QED) is 0.825. The van der Waals surface area contributed by atoms with E-state index < -0.39 is 23.6 Å². The molecule has 1 rings (SSSR count). The second-order valence-electron chi connectivity index (χ2n) is 3.44. The summed E-state index contributed by atoms with van der Waals surface area (Å²) in [7, 11) is 1.47. The first kappa shape index (κ1) is 13.9. The summed E-state index contributed by atoms with van der Waals surface area (Å²) in [6.45, 7) is 0.229. The maximum atomic E-state index is 12.9. The maximum Gasteiger partial charge on any atom is 0.251 e. The van der Waals surface area contributed by atoms with Crippen molar-refractivity contribution in [2.75, 3.05) is 19.6 Å². The topological polar surface area (TPSA) is 38.3 Å². The molecule has 0 aliphatic carbocycles. The molecule has 0 spiro atoms.